The van der Waals surface area contributed by atoms with Crippen LogP contribution in [0, 0.1) is 0 Å². The lowest BCUT2D eigenvalue weighted by Crippen LogP contribution is -2.18. The summed E-state index contributed by atoms with van der Waals surface area (Å²) in [6, 6.07) is 9.49. The summed E-state index contributed by atoms with van der Waals surface area (Å²) in [7, 11) is 0. The number of hydrogen-bond donors (Lipinski definition) is 2. The van der Waals surface area contributed by atoms with Gasteiger partial charge in [-0.05, 0) is 49.2 Å². The summed E-state index contributed by atoms with van der Waals surface area (Å²) in [5.41, 5.74) is 2.69. The Morgan fingerprint density at radius 3 is 2.62 bits per heavy atom. The van der Waals surface area contributed by atoms with Crippen LogP contribution in [0.1, 0.15) is 47.8 Å². The highest BCUT2D eigenvalue weighted by molar-refractivity contribution is 5.87. The van der Waals surface area contributed by atoms with E-state index in [9.17, 15) is 4.79 Å². The molecule has 0 aliphatic rings. The summed E-state index contributed by atoms with van der Waals surface area (Å²) in [5.74, 6) is -0.888. The van der Waals surface area contributed by atoms with E-state index in [1.807, 2.05) is 12.1 Å². The van der Waals surface area contributed by atoms with Crippen molar-refractivity contribution in [1.29, 1.82) is 0 Å². The Hall–Kier alpha value is -2.07. The smallest absolute Gasteiger partial charge is 0.335 e. The van der Waals surface area contributed by atoms with Gasteiger partial charge in [0.05, 0.1) is 5.56 Å². The van der Waals surface area contributed by atoms with Crippen molar-refractivity contribution in [3.05, 3.63) is 59.4 Å². The maximum Gasteiger partial charge on any atom is 0.335 e. The van der Waals surface area contributed by atoms with E-state index in [1.165, 1.54) is 5.56 Å². The number of benzene rings is 1. The zero-order chi connectivity index (χ0) is 15.2. The minimum absolute atomic E-state index is 0.323. The number of carboxylic acid groups (broad SMARTS) is 1. The van der Waals surface area contributed by atoms with E-state index in [0.29, 0.717) is 11.6 Å². The molecule has 0 saturated heterocycles. The molecule has 0 bridgehead atoms. The summed E-state index contributed by atoms with van der Waals surface area (Å²) in [4.78, 5) is 10.8. The molecular weight excluding hydrogens is 264 g/mol. The van der Waals surface area contributed by atoms with Crippen LogP contribution in [0.5, 0.6) is 0 Å². The third kappa shape index (κ3) is 4.20. The van der Waals surface area contributed by atoms with Crippen LogP contribution in [-0.2, 0) is 6.54 Å². The van der Waals surface area contributed by atoms with Gasteiger partial charge in [-0.1, -0.05) is 19.1 Å². The molecule has 21 heavy (non-hydrogen) atoms. The van der Waals surface area contributed by atoms with Crippen molar-refractivity contribution in [2.45, 2.75) is 32.9 Å². The lowest BCUT2D eigenvalue weighted by atomic mass is 10.1. The van der Waals surface area contributed by atoms with Gasteiger partial charge in [0.25, 0.3) is 0 Å². The highest BCUT2D eigenvalue weighted by atomic mass is 16.4. The first kappa shape index (κ1) is 15.3. The van der Waals surface area contributed by atoms with Crippen LogP contribution in [0.25, 0.3) is 0 Å². The maximum absolute atomic E-state index is 10.8. The van der Waals surface area contributed by atoms with E-state index < -0.39 is 5.97 Å². The number of hydrogen-bond acceptors (Lipinski definition) is 2. The van der Waals surface area contributed by atoms with Crippen molar-refractivity contribution in [2.75, 3.05) is 6.54 Å². The molecule has 4 heteroatoms. The Morgan fingerprint density at radius 2 is 2.00 bits per heavy atom. The molecule has 2 N–H and O–H groups in total. The fourth-order valence-electron chi connectivity index (χ4n) is 2.26. The van der Waals surface area contributed by atoms with Crippen molar-refractivity contribution in [3.63, 3.8) is 0 Å². The summed E-state index contributed by atoms with van der Waals surface area (Å²) in [6.07, 6.45) is 5.32. The fourth-order valence-corrected chi connectivity index (χ4v) is 2.26. The second kappa shape index (κ2) is 7.09. The molecule has 1 heterocycles. The molecule has 2 rings (SSSR count). The molecule has 1 aromatic carbocycles. The summed E-state index contributed by atoms with van der Waals surface area (Å²) in [5, 5.41) is 12.4. The highest BCUT2D eigenvalue weighted by Gasteiger charge is 2.06. The van der Waals surface area contributed by atoms with E-state index in [1.54, 1.807) is 12.1 Å². The van der Waals surface area contributed by atoms with Crippen LogP contribution in [0.2, 0.25) is 0 Å². The molecule has 1 aromatic heterocycles. The van der Waals surface area contributed by atoms with Crippen molar-refractivity contribution in [3.8, 4) is 0 Å². The van der Waals surface area contributed by atoms with Crippen molar-refractivity contribution in [1.82, 2.24) is 9.88 Å². The molecule has 4 nitrogen and oxygen atoms in total. The van der Waals surface area contributed by atoms with Gasteiger partial charge in [0.15, 0.2) is 0 Å². The Kier molecular flexibility index (Phi) is 5.17. The molecule has 2 aromatic rings. The summed E-state index contributed by atoms with van der Waals surface area (Å²) in [6.45, 7) is 6.09. The molecule has 112 valence electrons. The van der Waals surface area contributed by atoms with Gasteiger partial charge in [-0.2, -0.15) is 0 Å². The molecule has 0 amide bonds. The van der Waals surface area contributed by atoms with E-state index in [-0.39, 0.29) is 0 Å². The van der Waals surface area contributed by atoms with Gasteiger partial charge in [0.1, 0.15) is 0 Å². The molecule has 0 aliphatic carbocycles. The molecule has 0 fully saturated rings. The standard InChI is InChI=1S/C17H22N2O2/c1-3-9-18-13(2)16-8-10-19(12-16)11-14-4-6-15(7-5-14)17(20)21/h4-8,10,12-13,18H,3,9,11H2,1-2H3,(H,20,21). The van der Waals surface area contributed by atoms with Crippen LogP contribution in [0.3, 0.4) is 0 Å². The first-order valence-electron chi connectivity index (χ1n) is 7.31. The van der Waals surface area contributed by atoms with E-state index >= 15 is 0 Å². The minimum atomic E-state index is -0.888. The molecule has 1 atom stereocenters. The lowest BCUT2D eigenvalue weighted by Gasteiger charge is -2.11. The van der Waals surface area contributed by atoms with Crippen LogP contribution in [-0.4, -0.2) is 22.2 Å². The first-order valence-corrected chi connectivity index (χ1v) is 7.31. The number of rotatable bonds is 7. The number of carbonyl (C=O) groups is 1. The van der Waals surface area contributed by atoms with E-state index in [4.69, 9.17) is 5.11 Å². The SMILES string of the molecule is CCCNC(C)c1ccn(Cc2ccc(C(=O)O)cc2)c1. The Labute approximate surface area is 125 Å². The van der Waals surface area contributed by atoms with Crippen LogP contribution in [0.4, 0.5) is 0 Å². The normalized spacial score (nSPS) is 12.3. The average Bonchev–Trinajstić information content (AvgIpc) is 2.94. The predicted octanol–water partition coefficient (Wildman–Crippen LogP) is 3.30. The van der Waals surface area contributed by atoms with Crippen LogP contribution in [0.15, 0.2) is 42.7 Å². The van der Waals surface area contributed by atoms with Gasteiger partial charge in [0, 0.05) is 25.0 Å². The van der Waals surface area contributed by atoms with Gasteiger partial charge < -0.3 is 15.0 Å². The molecule has 0 aliphatic heterocycles. The van der Waals surface area contributed by atoms with Gasteiger partial charge in [-0.15, -0.1) is 0 Å². The van der Waals surface area contributed by atoms with Gasteiger partial charge in [-0.3, -0.25) is 0 Å². The van der Waals surface area contributed by atoms with Crippen molar-refractivity contribution >= 4 is 5.97 Å². The van der Waals surface area contributed by atoms with Crippen LogP contribution < -0.4 is 5.32 Å². The molecule has 0 saturated carbocycles. The topological polar surface area (TPSA) is 54.3 Å². The Morgan fingerprint density at radius 1 is 1.29 bits per heavy atom. The summed E-state index contributed by atoms with van der Waals surface area (Å²) < 4.78 is 2.12. The molecule has 1 unspecified atom stereocenters. The van der Waals surface area contributed by atoms with Gasteiger partial charge >= 0.3 is 5.97 Å². The third-order valence-electron chi connectivity index (χ3n) is 3.54. The largest absolute Gasteiger partial charge is 0.478 e. The van der Waals surface area contributed by atoms with Crippen molar-refractivity contribution in [2.24, 2.45) is 0 Å². The maximum atomic E-state index is 10.8. The zero-order valence-corrected chi connectivity index (χ0v) is 12.5. The zero-order valence-electron chi connectivity index (χ0n) is 12.5. The first-order chi connectivity index (χ1) is 10.1. The van der Waals surface area contributed by atoms with Gasteiger partial charge in [0.2, 0.25) is 0 Å². The number of aromatic carboxylic acids is 1. The van der Waals surface area contributed by atoms with E-state index in [0.717, 1.165) is 25.1 Å². The van der Waals surface area contributed by atoms with Crippen LogP contribution >= 0.6 is 0 Å². The lowest BCUT2D eigenvalue weighted by molar-refractivity contribution is 0.0697. The number of aromatic nitrogens is 1. The Bertz CT molecular complexity index is 587. The second-order valence-electron chi connectivity index (χ2n) is 5.30. The highest BCUT2D eigenvalue weighted by Crippen LogP contribution is 2.14. The quantitative estimate of drug-likeness (QED) is 0.821. The summed E-state index contributed by atoms with van der Waals surface area (Å²) >= 11 is 0. The van der Waals surface area contributed by atoms with E-state index in [2.05, 4.69) is 42.2 Å². The number of carboxylic acids is 1. The predicted molar refractivity (Wildman–Crippen MR) is 83.6 cm³/mol. The monoisotopic (exact) mass is 286 g/mol. The number of nitrogens with one attached hydrogen (secondary N) is 1. The van der Waals surface area contributed by atoms with Gasteiger partial charge in [-0.25, -0.2) is 4.79 Å². The number of nitrogens with zero attached hydrogens (tertiary/aromatic N) is 1. The second-order valence-corrected chi connectivity index (χ2v) is 5.30. The molecule has 0 spiro atoms. The molecule has 0 radical (unpaired) electrons. The Balaban J connectivity index is 2.00. The fraction of sp³-hybridized carbons (Fsp3) is 0.353. The average molecular weight is 286 g/mol. The molecular formula is C17H22N2O2. The van der Waals surface area contributed by atoms with Crippen molar-refractivity contribution < 1.29 is 9.90 Å². The third-order valence-corrected chi connectivity index (χ3v) is 3.54. The minimum Gasteiger partial charge on any atom is -0.478 e.